The molecule has 2 amide bonds. The third-order valence-electron chi connectivity index (χ3n) is 4.04. The van der Waals surface area contributed by atoms with Crippen molar-refractivity contribution in [3.05, 3.63) is 34.9 Å². The van der Waals surface area contributed by atoms with Gasteiger partial charge in [-0.2, -0.15) is 4.31 Å². The van der Waals surface area contributed by atoms with Crippen molar-refractivity contribution in [2.75, 3.05) is 12.3 Å². The lowest BCUT2D eigenvalue weighted by Crippen LogP contribution is -2.45. The van der Waals surface area contributed by atoms with Gasteiger partial charge in [-0.15, -0.1) is 0 Å². The van der Waals surface area contributed by atoms with Crippen LogP contribution in [-0.2, 0) is 10.0 Å². The van der Waals surface area contributed by atoms with Crippen LogP contribution >= 0.6 is 0 Å². The van der Waals surface area contributed by atoms with Crippen LogP contribution in [0, 0.1) is 6.92 Å². The van der Waals surface area contributed by atoms with E-state index in [1.807, 2.05) is 34.6 Å². The molecule has 0 aromatic heterocycles. The fourth-order valence-corrected chi connectivity index (χ4v) is 5.07. The summed E-state index contributed by atoms with van der Waals surface area (Å²) in [6, 6.07) is 4.69. The third-order valence-corrected chi connectivity index (χ3v) is 6.22. The van der Waals surface area contributed by atoms with Crippen LogP contribution in [-0.4, -0.2) is 53.8 Å². The standard InChI is InChI=1S/C17H24N2O4S/c1-11(2)19(12(3)4)24(22,23)9-8-18-16(20)14-7-6-13(5)10-15(14)17(18)21/h6-7,10-12H,8-9H2,1-5H3. The van der Waals surface area contributed by atoms with Gasteiger partial charge < -0.3 is 0 Å². The van der Waals surface area contributed by atoms with Gasteiger partial charge in [0.15, 0.2) is 0 Å². The van der Waals surface area contributed by atoms with Crippen LogP contribution in [0.15, 0.2) is 18.2 Å². The highest BCUT2D eigenvalue weighted by atomic mass is 32.2. The Morgan fingerprint density at radius 1 is 1.00 bits per heavy atom. The van der Waals surface area contributed by atoms with Gasteiger partial charge in [-0.05, 0) is 46.8 Å². The van der Waals surface area contributed by atoms with Gasteiger partial charge in [-0.25, -0.2) is 8.42 Å². The van der Waals surface area contributed by atoms with E-state index in [0.29, 0.717) is 11.1 Å². The van der Waals surface area contributed by atoms with Gasteiger partial charge in [-0.3, -0.25) is 14.5 Å². The number of amides is 2. The molecule has 0 N–H and O–H groups in total. The molecule has 0 spiro atoms. The van der Waals surface area contributed by atoms with E-state index in [1.54, 1.807) is 18.2 Å². The highest BCUT2D eigenvalue weighted by Crippen LogP contribution is 2.24. The average molecular weight is 352 g/mol. The smallest absolute Gasteiger partial charge is 0.261 e. The van der Waals surface area contributed by atoms with Crippen molar-refractivity contribution in [2.24, 2.45) is 0 Å². The van der Waals surface area contributed by atoms with E-state index in [0.717, 1.165) is 10.5 Å². The van der Waals surface area contributed by atoms with Gasteiger partial charge >= 0.3 is 0 Å². The molecule has 0 aliphatic carbocycles. The number of imide groups is 1. The highest BCUT2D eigenvalue weighted by molar-refractivity contribution is 7.89. The molecule has 1 aromatic rings. The Morgan fingerprint density at radius 2 is 1.54 bits per heavy atom. The first-order valence-corrected chi connectivity index (χ1v) is 9.65. The number of sulfonamides is 1. The summed E-state index contributed by atoms with van der Waals surface area (Å²) in [5.41, 5.74) is 1.57. The number of hydrogen-bond donors (Lipinski definition) is 0. The van der Waals surface area contributed by atoms with Crippen LogP contribution in [0.2, 0.25) is 0 Å². The number of benzene rings is 1. The van der Waals surface area contributed by atoms with Crippen LogP contribution in [0.25, 0.3) is 0 Å². The fourth-order valence-electron chi connectivity index (χ4n) is 3.16. The summed E-state index contributed by atoms with van der Waals surface area (Å²) in [5, 5.41) is 0. The molecule has 0 saturated heterocycles. The fraction of sp³-hybridized carbons (Fsp3) is 0.529. The van der Waals surface area contributed by atoms with E-state index >= 15 is 0 Å². The maximum Gasteiger partial charge on any atom is 0.261 e. The zero-order valence-electron chi connectivity index (χ0n) is 14.7. The molecule has 1 aliphatic rings. The molecule has 0 bridgehead atoms. The quantitative estimate of drug-likeness (QED) is 0.734. The van der Waals surface area contributed by atoms with Crippen LogP contribution in [0.3, 0.4) is 0 Å². The lowest BCUT2D eigenvalue weighted by Gasteiger charge is -2.30. The molecule has 132 valence electrons. The minimum Gasteiger partial charge on any atom is -0.273 e. The summed E-state index contributed by atoms with van der Waals surface area (Å²) < 4.78 is 26.6. The number of rotatable bonds is 6. The molecule has 1 aliphatic heterocycles. The van der Waals surface area contributed by atoms with Gasteiger partial charge in [0.1, 0.15) is 0 Å². The Hall–Kier alpha value is -1.73. The molecule has 0 unspecified atom stereocenters. The average Bonchev–Trinajstić information content (AvgIpc) is 2.67. The van der Waals surface area contributed by atoms with E-state index in [1.165, 1.54) is 4.31 Å². The molecule has 0 saturated carbocycles. The van der Waals surface area contributed by atoms with Gasteiger partial charge in [0.05, 0.1) is 16.9 Å². The van der Waals surface area contributed by atoms with Crippen molar-refractivity contribution in [2.45, 2.75) is 46.7 Å². The molecule has 6 nitrogen and oxygen atoms in total. The molecule has 0 atom stereocenters. The molecule has 7 heteroatoms. The minimum absolute atomic E-state index is 0.135. The van der Waals surface area contributed by atoms with Gasteiger partial charge in [0.25, 0.3) is 11.8 Å². The molecule has 1 aromatic carbocycles. The van der Waals surface area contributed by atoms with E-state index in [-0.39, 0.29) is 24.4 Å². The lowest BCUT2D eigenvalue weighted by molar-refractivity contribution is 0.0663. The summed E-state index contributed by atoms with van der Waals surface area (Å²) in [6.07, 6.45) is 0. The Bertz CT molecular complexity index is 761. The van der Waals surface area contributed by atoms with Gasteiger partial charge in [0, 0.05) is 18.6 Å². The molecule has 2 rings (SSSR count). The maximum atomic E-state index is 12.6. The second kappa shape index (κ2) is 6.64. The van der Waals surface area contributed by atoms with E-state index in [2.05, 4.69) is 0 Å². The third kappa shape index (κ3) is 3.37. The van der Waals surface area contributed by atoms with E-state index < -0.39 is 21.8 Å². The first-order chi connectivity index (χ1) is 11.1. The summed E-state index contributed by atoms with van der Waals surface area (Å²) >= 11 is 0. The Kier molecular flexibility index (Phi) is 5.15. The highest BCUT2D eigenvalue weighted by Gasteiger charge is 2.37. The maximum absolute atomic E-state index is 12.6. The largest absolute Gasteiger partial charge is 0.273 e. The van der Waals surface area contributed by atoms with Gasteiger partial charge in [0.2, 0.25) is 10.0 Å². The second-order valence-corrected chi connectivity index (χ2v) is 8.64. The number of carbonyl (C=O) groups is 2. The summed E-state index contributed by atoms with van der Waals surface area (Å²) in [7, 11) is -3.56. The van der Waals surface area contributed by atoms with E-state index in [4.69, 9.17) is 0 Å². The van der Waals surface area contributed by atoms with Crippen molar-refractivity contribution < 1.29 is 18.0 Å². The predicted octanol–water partition coefficient (Wildman–Crippen LogP) is 2.04. The van der Waals surface area contributed by atoms with Crippen molar-refractivity contribution in [3.8, 4) is 0 Å². The topological polar surface area (TPSA) is 74.8 Å². The normalized spacial score (nSPS) is 15.1. The SMILES string of the molecule is Cc1ccc2c(c1)C(=O)N(CCS(=O)(=O)N(C(C)C)C(C)C)C2=O. The van der Waals surface area contributed by atoms with Crippen molar-refractivity contribution in [1.29, 1.82) is 0 Å². The minimum atomic E-state index is -3.56. The van der Waals surface area contributed by atoms with Crippen molar-refractivity contribution in [3.63, 3.8) is 0 Å². The molecule has 24 heavy (non-hydrogen) atoms. The molecular weight excluding hydrogens is 328 g/mol. The van der Waals surface area contributed by atoms with E-state index in [9.17, 15) is 18.0 Å². The summed E-state index contributed by atoms with van der Waals surface area (Å²) in [5.74, 6) is -1.12. The zero-order valence-corrected chi connectivity index (χ0v) is 15.6. The predicted molar refractivity (Wildman–Crippen MR) is 92.4 cm³/mol. The Morgan fingerprint density at radius 3 is 2.08 bits per heavy atom. The summed E-state index contributed by atoms with van der Waals surface area (Å²) in [6.45, 7) is 8.94. The Labute approximate surface area is 143 Å². The molecule has 0 fully saturated rings. The number of fused-ring (bicyclic) bond motifs is 1. The van der Waals surface area contributed by atoms with Gasteiger partial charge in [-0.1, -0.05) is 11.6 Å². The first kappa shape index (κ1) is 18.6. The van der Waals surface area contributed by atoms with Crippen LogP contribution in [0.1, 0.15) is 54.0 Å². The summed E-state index contributed by atoms with van der Waals surface area (Å²) in [4.78, 5) is 25.8. The van der Waals surface area contributed by atoms with Crippen LogP contribution < -0.4 is 0 Å². The lowest BCUT2D eigenvalue weighted by atomic mass is 10.1. The molecule has 0 radical (unpaired) electrons. The van der Waals surface area contributed by atoms with Crippen LogP contribution in [0.5, 0.6) is 0 Å². The number of nitrogens with zero attached hydrogens (tertiary/aromatic N) is 2. The number of hydrogen-bond acceptors (Lipinski definition) is 4. The van der Waals surface area contributed by atoms with Crippen molar-refractivity contribution >= 4 is 21.8 Å². The van der Waals surface area contributed by atoms with Crippen molar-refractivity contribution in [1.82, 2.24) is 9.21 Å². The number of carbonyl (C=O) groups excluding carboxylic acids is 2. The monoisotopic (exact) mass is 352 g/mol. The molecular formula is C17H24N2O4S. The second-order valence-electron chi connectivity index (χ2n) is 6.64. The Balaban J connectivity index is 2.19. The molecule has 1 heterocycles. The first-order valence-electron chi connectivity index (χ1n) is 8.04. The number of aryl methyl sites for hydroxylation is 1. The zero-order chi connectivity index (χ0) is 18.2. The van der Waals surface area contributed by atoms with Crippen LogP contribution in [0.4, 0.5) is 0 Å².